The highest BCUT2D eigenvalue weighted by atomic mass is 35.5. The Labute approximate surface area is 122 Å². The van der Waals surface area contributed by atoms with E-state index in [0.29, 0.717) is 19.0 Å². The predicted molar refractivity (Wildman–Crippen MR) is 76.6 cm³/mol. The van der Waals surface area contributed by atoms with Gasteiger partial charge in [-0.1, -0.05) is 6.07 Å². The van der Waals surface area contributed by atoms with E-state index in [1.54, 1.807) is 6.92 Å². The third-order valence-corrected chi connectivity index (χ3v) is 2.90. The van der Waals surface area contributed by atoms with Gasteiger partial charge in [-0.25, -0.2) is 0 Å². The summed E-state index contributed by atoms with van der Waals surface area (Å²) in [6, 6.07) is 4.32. The number of halogens is 1. The number of amides is 1. The smallest absolute Gasteiger partial charge is 0.311 e. The maximum atomic E-state index is 12.4. The molecule has 0 atom stereocenters. The summed E-state index contributed by atoms with van der Waals surface area (Å²) in [5, 5.41) is 11.0. The van der Waals surface area contributed by atoms with Crippen molar-refractivity contribution in [2.45, 2.75) is 13.8 Å². The van der Waals surface area contributed by atoms with Gasteiger partial charge < -0.3 is 9.64 Å². The molecule has 0 N–H and O–H groups in total. The Morgan fingerprint density at radius 3 is 2.65 bits per heavy atom. The molecule has 0 saturated carbocycles. The van der Waals surface area contributed by atoms with Crippen molar-refractivity contribution in [2.24, 2.45) is 0 Å². The normalized spacial score (nSPS) is 10.2. The van der Waals surface area contributed by atoms with Crippen LogP contribution in [0.2, 0.25) is 0 Å². The lowest BCUT2D eigenvalue weighted by Gasteiger charge is -2.20. The summed E-state index contributed by atoms with van der Waals surface area (Å²) in [5.74, 6) is -0.00307. The van der Waals surface area contributed by atoms with Crippen LogP contribution in [0.25, 0.3) is 0 Å². The molecule has 7 heteroatoms. The summed E-state index contributed by atoms with van der Waals surface area (Å²) in [6.45, 7) is 4.63. The largest absolute Gasteiger partial charge is 0.487 e. The van der Waals surface area contributed by atoms with Gasteiger partial charge in [0.2, 0.25) is 5.75 Å². The van der Waals surface area contributed by atoms with Crippen LogP contribution in [0.5, 0.6) is 5.75 Å². The van der Waals surface area contributed by atoms with Crippen molar-refractivity contribution >= 4 is 23.2 Å². The molecule has 0 aliphatic rings. The van der Waals surface area contributed by atoms with Gasteiger partial charge in [0.1, 0.15) is 0 Å². The third kappa shape index (κ3) is 3.60. The third-order valence-electron chi connectivity index (χ3n) is 2.73. The minimum Gasteiger partial charge on any atom is -0.487 e. The molecule has 0 radical (unpaired) electrons. The predicted octanol–water partition coefficient (Wildman–Crippen LogP) is 2.69. The number of hydrogen-bond donors (Lipinski definition) is 0. The molecule has 0 aromatic heterocycles. The van der Waals surface area contributed by atoms with Crippen molar-refractivity contribution in [3.8, 4) is 5.75 Å². The van der Waals surface area contributed by atoms with E-state index in [4.69, 9.17) is 16.3 Å². The van der Waals surface area contributed by atoms with E-state index in [9.17, 15) is 14.9 Å². The van der Waals surface area contributed by atoms with Crippen LogP contribution in [0.1, 0.15) is 24.2 Å². The Kier molecular flexibility index (Phi) is 6.24. The van der Waals surface area contributed by atoms with Crippen molar-refractivity contribution in [3.63, 3.8) is 0 Å². The molecular weight excluding hydrogens is 284 g/mol. The van der Waals surface area contributed by atoms with Crippen LogP contribution in [0, 0.1) is 10.1 Å². The van der Waals surface area contributed by atoms with Gasteiger partial charge >= 0.3 is 5.69 Å². The number of carbonyl (C=O) groups is 1. The first-order valence-electron chi connectivity index (χ1n) is 6.32. The number of para-hydroxylation sites is 1. The Bertz CT molecular complexity index is 493. The standard InChI is InChI=1S/C13H17ClN2O4/c1-3-15(9-8-14)13(17)10-6-5-7-11(16(18)19)12(10)20-4-2/h5-7H,3-4,8-9H2,1-2H3. The zero-order valence-corrected chi connectivity index (χ0v) is 12.2. The average Bonchev–Trinajstić information content (AvgIpc) is 2.44. The fraction of sp³-hybridized carbons (Fsp3) is 0.462. The second kappa shape index (κ2) is 7.69. The molecule has 1 aromatic rings. The van der Waals surface area contributed by atoms with E-state index in [1.165, 1.54) is 23.1 Å². The number of hydrogen-bond acceptors (Lipinski definition) is 4. The SMILES string of the molecule is CCOc1c(C(=O)N(CC)CCCl)cccc1[N+](=O)[O-]. The number of nitro benzene ring substituents is 1. The molecule has 0 fully saturated rings. The second-order valence-corrected chi connectivity index (χ2v) is 4.30. The summed E-state index contributed by atoms with van der Waals surface area (Å²) in [6.07, 6.45) is 0. The minimum absolute atomic E-state index is 0.0121. The van der Waals surface area contributed by atoms with E-state index in [-0.39, 0.29) is 29.5 Å². The fourth-order valence-electron chi connectivity index (χ4n) is 1.81. The highest BCUT2D eigenvalue weighted by Crippen LogP contribution is 2.31. The van der Waals surface area contributed by atoms with Crippen LogP contribution in [-0.4, -0.2) is 41.3 Å². The summed E-state index contributed by atoms with van der Waals surface area (Å²) in [5.41, 5.74) is -0.0207. The molecule has 0 heterocycles. The molecule has 20 heavy (non-hydrogen) atoms. The Hall–Kier alpha value is -1.82. The summed E-state index contributed by atoms with van der Waals surface area (Å²) >= 11 is 5.66. The Morgan fingerprint density at radius 2 is 2.15 bits per heavy atom. The van der Waals surface area contributed by atoms with Crippen molar-refractivity contribution in [3.05, 3.63) is 33.9 Å². The van der Waals surface area contributed by atoms with E-state index in [0.717, 1.165) is 0 Å². The molecule has 1 rings (SSSR count). The van der Waals surface area contributed by atoms with Crippen molar-refractivity contribution < 1.29 is 14.5 Å². The molecule has 0 bridgehead atoms. The monoisotopic (exact) mass is 300 g/mol. The Morgan fingerprint density at radius 1 is 1.45 bits per heavy atom. The molecule has 0 aliphatic heterocycles. The highest BCUT2D eigenvalue weighted by molar-refractivity contribution is 6.18. The van der Waals surface area contributed by atoms with E-state index >= 15 is 0 Å². The number of ether oxygens (including phenoxy) is 1. The van der Waals surface area contributed by atoms with Gasteiger partial charge in [0, 0.05) is 25.0 Å². The van der Waals surface area contributed by atoms with Crippen LogP contribution in [0.15, 0.2) is 18.2 Å². The topological polar surface area (TPSA) is 72.7 Å². The summed E-state index contributed by atoms with van der Waals surface area (Å²) in [4.78, 5) is 24.4. The summed E-state index contributed by atoms with van der Waals surface area (Å²) < 4.78 is 5.30. The quantitative estimate of drug-likeness (QED) is 0.441. The minimum atomic E-state index is -0.556. The van der Waals surface area contributed by atoms with Gasteiger partial charge in [0.15, 0.2) is 0 Å². The van der Waals surface area contributed by atoms with E-state index in [1.807, 2.05) is 6.92 Å². The number of nitro groups is 1. The molecule has 0 unspecified atom stereocenters. The van der Waals surface area contributed by atoms with Gasteiger partial charge in [-0.05, 0) is 19.9 Å². The molecular formula is C13H17ClN2O4. The van der Waals surface area contributed by atoms with Crippen molar-refractivity contribution in [1.29, 1.82) is 0 Å². The lowest BCUT2D eigenvalue weighted by atomic mass is 10.1. The van der Waals surface area contributed by atoms with Crippen molar-refractivity contribution in [1.82, 2.24) is 4.90 Å². The highest BCUT2D eigenvalue weighted by Gasteiger charge is 2.25. The molecule has 1 amide bonds. The van der Waals surface area contributed by atoms with Crippen LogP contribution >= 0.6 is 11.6 Å². The van der Waals surface area contributed by atoms with Crippen LogP contribution < -0.4 is 4.74 Å². The van der Waals surface area contributed by atoms with Crippen molar-refractivity contribution in [2.75, 3.05) is 25.6 Å². The Balaban J connectivity index is 3.25. The number of benzene rings is 1. The van der Waals surface area contributed by atoms with Gasteiger partial charge in [-0.15, -0.1) is 11.6 Å². The first-order valence-corrected chi connectivity index (χ1v) is 6.85. The number of carbonyl (C=O) groups excluding carboxylic acids is 1. The lowest BCUT2D eigenvalue weighted by molar-refractivity contribution is -0.385. The lowest BCUT2D eigenvalue weighted by Crippen LogP contribution is -2.32. The molecule has 6 nitrogen and oxygen atoms in total. The van der Waals surface area contributed by atoms with Gasteiger partial charge in [-0.2, -0.15) is 0 Å². The van der Waals surface area contributed by atoms with Gasteiger partial charge in [0.05, 0.1) is 17.1 Å². The first-order chi connectivity index (χ1) is 9.56. The second-order valence-electron chi connectivity index (χ2n) is 3.92. The zero-order valence-electron chi connectivity index (χ0n) is 11.5. The van der Waals surface area contributed by atoms with Gasteiger partial charge in [-0.3, -0.25) is 14.9 Å². The maximum Gasteiger partial charge on any atom is 0.311 e. The number of rotatable bonds is 7. The van der Waals surface area contributed by atoms with Crippen LogP contribution in [0.3, 0.4) is 0 Å². The maximum absolute atomic E-state index is 12.4. The van der Waals surface area contributed by atoms with Gasteiger partial charge in [0.25, 0.3) is 5.91 Å². The molecule has 0 saturated heterocycles. The van der Waals surface area contributed by atoms with E-state index in [2.05, 4.69) is 0 Å². The van der Waals surface area contributed by atoms with Crippen LogP contribution in [-0.2, 0) is 0 Å². The van der Waals surface area contributed by atoms with E-state index < -0.39 is 4.92 Å². The first kappa shape index (κ1) is 16.2. The zero-order chi connectivity index (χ0) is 15.1. The number of nitrogens with zero attached hydrogens (tertiary/aromatic N) is 2. The molecule has 0 spiro atoms. The van der Waals surface area contributed by atoms with Crippen LogP contribution in [0.4, 0.5) is 5.69 Å². The fourth-order valence-corrected chi connectivity index (χ4v) is 2.01. The molecule has 1 aromatic carbocycles. The average molecular weight is 301 g/mol. The number of alkyl halides is 1. The molecule has 110 valence electrons. The summed E-state index contributed by atoms with van der Waals surface area (Å²) in [7, 11) is 0. The molecule has 0 aliphatic carbocycles.